The SMILES string of the molecule is CC(=O)N1CCN(c2nc(N3CC(N(C)C)C3)nc3c(F)c(-c4c(O)cccc4F)c(C(F)(F)F)cc23)C[C@H]1C. The molecule has 40 heavy (non-hydrogen) atoms. The maximum atomic E-state index is 16.3. The number of amides is 1. The molecule has 5 rings (SSSR count). The van der Waals surface area contributed by atoms with Crippen LogP contribution in [0.3, 0.4) is 0 Å². The van der Waals surface area contributed by atoms with Gasteiger partial charge in [0.15, 0.2) is 5.82 Å². The number of carbonyl (C=O) groups excluding carboxylic acids is 1. The van der Waals surface area contributed by atoms with Gasteiger partial charge in [0.05, 0.1) is 11.1 Å². The highest BCUT2D eigenvalue weighted by atomic mass is 19.4. The molecule has 0 bridgehead atoms. The first-order valence-corrected chi connectivity index (χ1v) is 12.8. The van der Waals surface area contributed by atoms with Crippen LogP contribution in [0.4, 0.5) is 33.7 Å². The van der Waals surface area contributed by atoms with Gasteiger partial charge >= 0.3 is 6.18 Å². The molecule has 1 aromatic heterocycles. The summed E-state index contributed by atoms with van der Waals surface area (Å²) in [6.45, 7) is 5.12. The van der Waals surface area contributed by atoms with E-state index in [1.54, 1.807) is 14.7 Å². The third-order valence-corrected chi connectivity index (χ3v) is 7.65. The number of carbonyl (C=O) groups is 1. The second-order valence-corrected chi connectivity index (χ2v) is 10.5. The number of likely N-dealkylation sites (N-methyl/N-ethyl adjacent to an activating group) is 1. The third-order valence-electron chi connectivity index (χ3n) is 7.65. The van der Waals surface area contributed by atoms with Crippen molar-refractivity contribution in [3.63, 3.8) is 0 Å². The predicted octanol–water partition coefficient (Wildman–Crippen LogP) is 4.11. The maximum Gasteiger partial charge on any atom is 0.417 e. The molecule has 2 saturated heterocycles. The first-order valence-electron chi connectivity index (χ1n) is 12.8. The van der Waals surface area contributed by atoms with E-state index in [9.17, 15) is 27.5 Å². The van der Waals surface area contributed by atoms with Crippen LogP contribution < -0.4 is 9.80 Å². The van der Waals surface area contributed by atoms with Crippen LogP contribution in [0.2, 0.25) is 0 Å². The first kappa shape index (κ1) is 27.8. The fourth-order valence-corrected chi connectivity index (χ4v) is 5.37. The number of benzene rings is 2. The van der Waals surface area contributed by atoms with Gasteiger partial charge in [0.1, 0.15) is 22.9 Å². The lowest BCUT2D eigenvalue weighted by Gasteiger charge is -2.43. The molecule has 2 aliphatic heterocycles. The molecule has 0 radical (unpaired) electrons. The topological polar surface area (TPSA) is 76.0 Å². The Morgan fingerprint density at radius 2 is 1.75 bits per heavy atom. The van der Waals surface area contributed by atoms with E-state index in [0.29, 0.717) is 19.6 Å². The number of phenols is 1. The van der Waals surface area contributed by atoms with Crippen LogP contribution in [-0.2, 0) is 11.0 Å². The van der Waals surface area contributed by atoms with Gasteiger partial charge in [0, 0.05) is 62.7 Å². The summed E-state index contributed by atoms with van der Waals surface area (Å²) in [6, 6.07) is 3.60. The maximum absolute atomic E-state index is 16.3. The largest absolute Gasteiger partial charge is 0.507 e. The molecule has 3 aromatic rings. The van der Waals surface area contributed by atoms with Gasteiger partial charge < -0.3 is 24.7 Å². The van der Waals surface area contributed by atoms with Crippen LogP contribution in [0, 0.1) is 11.6 Å². The average molecular weight is 565 g/mol. The second-order valence-electron chi connectivity index (χ2n) is 10.5. The Bertz CT molecular complexity index is 1450. The van der Waals surface area contributed by atoms with Gasteiger partial charge in [-0.2, -0.15) is 18.2 Å². The average Bonchev–Trinajstić information content (AvgIpc) is 2.82. The monoisotopic (exact) mass is 564 g/mol. The molecular weight excluding hydrogens is 535 g/mol. The summed E-state index contributed by atoms with van der Waals surface area (Å²) < 4.78 is 74.3. The van der Waals surface area contributed by atoms with Gasteiger partial charge in [-0.25, -0.2) is 13.8 Å². The molecule has 2 aromatic carbocycles. The zero-order valence-electron chi connectivity index (χ0n) is 22.4. The number of hydrogen-bond donors (Lipinski definition) is 1. The van der Waals surface area contributed by atoms with Gasteiger partial charge in [0.2, 0.25) is 11.9 Å². The summed E-state index contributed by atoms with van der Waals surface area (Å²) in [5, 5.41) is 10.1. The Hall–Kier alpha value is -3.74. The second kappa shape index (κ2) is 10.0. The van der Waals surface area contributed by atoms with Crippen molar-refractivity contribution >= 4 is 28.6 Å². The van der Waals surface area contributed by atoms with Crippen molar-refractivity contribution < 1.29 is 31.9 Å². The molecule has 2 aliphatic rings. The molecule has 0 saturated carbocycles. The summed E-state index contributed by atoms with van der Waals surface area (Å²) in [6.07, 6.45) is -5.09. The minimum atomic E-state index is -5.09. The Morgan fingerprint density at radius 3 is 2.33 bits per heavy atom. The fourth-order valence-electron chi connectivity index (χ4n) is 5.37. The highest BCUT2D eigenvalue weighted by Gasteiger charge is 2.40. The van der Waals surface area contributed by atoms with Crippen LogP contribution >= 0.6 is 0 Å². The minimum Gasteiger partial charge on any atom is -0.507 e. The van der Waals surface area contributed by atoms with Gasteiger partial charge in [-0.05, 0) is 39.2 Å². The van der Waals surface area contributed by atoms with Crippen LogP contribution in [0.1, 0.15) is 19.4 Å². The van der Waals surface area contributed by atoms with Crippen LogP contribution in [0.5, 0.6) is 5.75 Å². The van der Waals surface area contributed by atoms with E-state index in [1.165, 1.54) is 6.92 Å². The number of alkyl halides is 3. The number of phenolic OH excluding ortho intramolecular Hbond substituents is 1. The molecule has 13 heteroatoms. The van der Waals surface area contributed by atoms with Crippen LogP contribution in [0.15, 0.2) is 24.3 Å². The fraction of sp³-hybridized carbons (Fsp3) is 0.444. The number of piperazine rings is 1. The summed E-state index contributed by atoms with van der Waals surface area (Å²) in [7, 11) is 3.83. The van der Waals surface area contributed by atoms with E-state index in [1.807, 2.05) is 25.9 Å². The van der Waals surface area contributed by atoms with Crippen molar-refractivity contribution in [2.24, 2.45) is 0 Å². The Kier molecular flexibility index (Phi) is 6.97. The molecule has 8 nitrogen and oxygen atoms in total. The summed E-state index contributed by atoms with van der Waals surface area (Å²) in [4.78, 5) is 28.1. The minimum absolute atomic E-state index is 0.0945. The van der Waals surface area contributed by atoms with Crippen LogP contribution in [0.25, 0.3) is 22.0 Å². The molecule has 0 spiro atoms. The zero-order valence-corrected chi connectivity index (χ0v) is 22.4. The molecule has 214 valence electrons. The molecule has 1 atom stereocenters. The molecule has 3 heterocycles. The quantitative estimate of drug-likeness (QED) is 0.479. The summed E-state index contributed by atoms with van der Waals surface area (Å²) >= 11 is 0. The molecular formula is C27H29F5N6O2. The predicted molar refractivity (Wildman–Crippen MR) is 140 cm³/mol. The van der Waals surface area contributed by atoms with Crippen molar-refractivity contribution in [2.75, 3.05) is 56.6 Å². The van der Waals surface area contributed by atoms with E-state index in [0.717, 1.165) is 24.3 Å². The summed E-state index contributed by atoms with van der Waals surface area (Å²) in [5.74, 6) is -3.35. The van der Waals surface area contributed by atoms with E-state index in [-0.39, 0.29) is 48.2 Å². The molecule has 2 fully saturated rings. The lowest BCUT2D eigenvalue weighted by molar-refractivity contribution is -0.137. The number of halogens is 5. The number of rotatable bonds is 4. The third kappa shape index (κ3) is 4.76. The lowest BCUT2D eigenvalue weighted by atomic mass is 9.94. The van der Waals surface area contributed by atoms with Gasteiger partial charge in [-0.1, -0.05) is 6.07 Å². The summed E-state index contributed by atoms with van der Waals surface area (Å²) in [5.41, 5.74) is -3.88. The van der Waals surface area contributed by atoms with E-state index >= 15 is 4.39 Å². The van der Waals surface area contributed by atoms with E-state index < -0.39 is 45.8 Å². The Labute approximate surface area is 227 Å². The normalized spacial score (nSPS) is 18.6. The highest BCUT2D eigenvalue weighted by Crippen LogP contribution is 2.46. The standard InChI is InChI=1S/C27H29F5N6O2/c1-14-11-36(8-9-38(14)15(2)39)25-17-10-18(27(30,31)32)21(22-19(28)6-5-7-20(22)40)23(29)24(17)33-26(34-25)37-12-16(13-37)35(3)4/h5-7,10,14,16,40H,8-9,11-13H2,1-4H3/t14-/m1/s1. The number of nitrogens with zero attached hydrogens (tertiary/aromatic N) is 6. The first-order chi connectivity index (χ1) is 18.8. The van der Waals surface area contributed by atoms with E-state index in [2.05, 4.69) is 9.97 Å². The molecule has 0 unspecified atom stereocenters. The smallest absolute Gasteiger partial charge is 0.417 e. The van der Waals surface area contributed by atoms with Crippen LogP contribution in [-0.4, -0.2) is 89.7 Å². The number of hydrogen-bond acceptors (Lipinski definition) is 7. The van der Waals surface area contributed by atoms with Gasteiger partial charge in [-0.3, -0.25) is 4.79 Å². The molecule has 1 amide bonds. The Balaban J connectivity index is 1.75. The van der Waals surface area contributed by atoms with Gasteiger partial charge in [0.25, 0.3) is 0 Å². The van der Waals surface area contributed by atoms with Gasteiger partial charge in [-0.15, -0.1) is 0 Å². The molecule has 0 aliphatic carbocycles. The lowest BCUT2D eigenvalue weighted by Crippen LogP contribution is -2.58. The van der Waals surface area contributed by atoms with Crippen molar-refractivity contribution in [3.8, 4) is 16.9 Å². The number of aromatic nitrogens is 2. The van der Waals surface area contributed by atoms with E-state index in [4.69, 9.17) is 0 Å². The van der Waals surface area contributed by atoms with Crippen molar-refractivity contribution in [2.45, 2.75) is 32.1 Å². The van der Waals surface area contributed by atoms with Crippen molar-refractivity contribution in [1.29, 1.82) is 0 Å². The number of fused-ring (bicyclic) bond motifs is 1. The highest BCUT2D eigenvalue weighted by molar-refractivity contribution is 5.96. The van der Waals surface area contributed by atoms with Crippen molar-refractivity contribution in [1.82, 2.24) is 19.8 Å². The van der Waals surface area contributed by atoms with Crippen molar-refractivity contribution in [3.05, 3.63) is 41.5 Å². The zero-order chi connectivity index (χ0) is 29.1. The number of anilines is 2. The number of aromatic hydroxyl groups is 1. The molecule has 1 N–H and O–H groups in total. The Morgan fingerprint density at radius 1 is 1.05 bits per heavy atom.